The van der Waals surface area contributed by atoms with Crippen molar-refractivity contribution in [3.8, 4) is 0 Å². The Kier molecular flexibility index (Phi) is 10.4. The zero-order valence-corrected chi connectivity index (χ0v) is 28.8. The SMILES string of the molecule is CO[C@@](c1ccccc1)(C(O)O[C@H](C)C(C)/C=C/[C@@H](C)[C@H]1CC(O)C2[C@]1(C)CC[C@@H]1[C@@]3(C)CC[C@H](O)[C@H](O)C3C(O)C[C@@]21O)C(F)(F)F. The smallest absolute Gasteiger partial charge is 0.393 e. The lowest BCUT2D eigenvalue weighted by Gasteiger charge is -2.66. The second-order valence-corrected chi connectivity index (χ2v) is 16.0. The molecule has 11 heteroatoms. The van der Waals surface area contributed by atoms with E-state index in [2.05, 4.69) is 6.92 Å². The number of halogens is 3. The van der Waals surface area contributed by atoms with Gasteiger partial charge in [-0.05, 0) is 73.2 Å². The predicted molar refractivity (Wildman–Crippen MR) is 172 cm³/mol. The molecule has 0 radical (unpaired) electrons. The number of allylic oxidation sites excluding steroid dienone is 1. The highest BCUT2D eigenvalue weighted by molar-refractivity contribution is 5.26. The lowest BCUT2D eigenvalue weighted by atomic mass is 9.41. The Bertz CT molecular complexity index is 1300. The fourth-order valence-electron chi connectivity index (χ4n) is 11.0. The van der Waals surface area contributed by atoms with Crippen LogP contribution in [0.4, 0.5) is 13.2 Å². The van der Waals surface area contributed by atoms with Crippen LogP contribution in [0.5, 0.6) is 0 Å². The molecule has 0 aromatic heterocycles. The van der Waals surface area contributed by atoms with Gasteiger partial charge in [-0.1, -0.05) is 70.2 Å². The topological polar surface area (TPSA) is 140 Å². The summed E-state index contributed by atoms with van der Waals surface area (Å²) in [6, 6.07) is 6.93. The summed E-state index contributed by atoms with van der Waals surface area (Å²) in [6.45, 7) is 9.54. The molecule has 1 aromatic carbocycles. The van der Waals surface area contributed by atoms with E-state index in [4.69, 9.17) is 9.47 Å². The molecule has 4 fully saturated rings. The van der Waals surface area contributed by atoms with Crippen molar-refractivity contribution in [1.29, 1.82) is 0 Å². The van der Waals surface area contributed by atoms with E-state index in [0.717, 1.165) is 13.5 Å². The third-order valence-corrected chi connectivity index (χ3v) is 13.5. The first-order chi connectivity index (χ1) is 22.3. The van der Waals surface area contributed by atoms with Gasteiger partial charge in [0.2, 0.25) is 5.60 Å². The lowest BCUT2D eigenvalue weighted by molar-refractivity contribution is -0.357. The molecule has 0 amide bonds. The van der Waals surface area contributed by atoms with E-state index in [-0.39, 0.29) is 29.7 Å². The molecule has 272 valence electrons. The largest absolute Gasteiger partial charge is 0.426 e. The van der Waals surface area contributed by atoms with Crippen LogP contribution in [0.1, 0.15) is 78.7 Å². The molecule has 0 saturated heterocycles. The van der Waals surface area contributed by atoms with Crippen LogP contribution in [0.25, 0.3) is 0 Å². The fraction of sp³-hybridized carbons (Fsp3) is 0.784. The second-order valence-electron chi connectivity index (χ2n) is 16.0. The average Bonchev–Trinajstić information content (AvgIpc) is 3.29. The summed E-state index contributed by atoms with van der Waals surface area (Å²) in [5.41, 5.74) is -5.77. The molecule has 16 atom stereocenters. The van der Waals surface area contributed by atoms with Crippen LogP contribution in [0.15, 0.2) is 42.5 Å². The summed E-state index contributed by atoms with van der Waals surface area (Å²) >= 11 is 0. The first-order valence-corrected chi connectivity index (χ1v) is 17.4. The van der Waals surface area contributed by atoms with Gasteiger partial charge in [-0.25, -0.2) is 0 Å². The van der Waals surface area contributed by atoms with Crippen LogP contribution < -0.4 is 0 Å². The molecule has 4 aliphatic rings. The Labute approximate surface area is 282 Å². The maximum atomic E-state index is 14.4. The molecule has 6 unspecified atom stereocenters. The summed E-state index contributed by atoms with van der Waals surface area (Å²) in [4.78, 5) is 0. The molecule has 0 aliphatic heterocycles. The predicted octanol–water partition coefficient (Wildman–Crippen LogP) is 4.69. The van der Waals surface area contributed by atoms with Crippen LogP contribution in [0.2, 0.25) is 0 Å². The summed E-state index contributed by atoms with van der Waals surface area (Å²) in [5.74, 6) is -1.82. The third-order valence-electron chi connectivity index (χ3n) is 13.5. The molecule has 0 spiro atoms. The molecule has 48 heavy (non-hydrogen) atoms. The molecule has 8 nitrogen and oxygen atoms in total. The molecule has 1 aromatic rings. The number of rotatable bonds is 9. The van der Waals surface area contributed by atoms with E-state index < -0.39 is 82.8 Å². The first-order valence-electron chi connectivity index (χ1n) is 17.4. The lowest BCUT2D eigenvalue weighted by Crippen LogP contribution is -2.70. The number of ether oxygens (including phenoxy) is 2. The van der Waals surface area contributed by atoms with Crippen LogP contribution >= 0.6 is 0 Å². The Morgan fingerprint density at radius 1 is 0.896 bits per heavy atom. The molecular weight excluding hydrogens is 629 g/mol. The van der Waals surface area contributed by atoms with Crippen molar-refractivity contribution < 1.29 is 53.3 Å². The monoisotopic (exact) mass is 684 g/mol. The Morgan fingerprint density at radius 2 is 1.52 bits per heavy atom. The fourth-order valence-corrected chi connectivity index (χ4v) is 11.0. The van der Waals surface area contributed by atoms with Crippen molar-refractivity contribution >= 4 is 0 Å². The van der Waals surface area contributed by atoms with E-state index in [1.807, 2.05) is 26.0 Å². The highest BCUT2D eigenvalue weighted by Gasteiger charge is 2.71. The van der Waals surface area contributed by atoms with Gasteiger partial charge in [0.15, 0.2) is 6.29 Å². The van der Waals surface area contributed by atoms with Gasteiger partial charge in [0, 0.05) is 31.3 Å². The van der Waals surface area contributed by atoms with Gasteiger partial charge in [0.25, 0.3) is 0 Å². The van der Waals surface area contributed by atoms with E-state index in [1.54, 1.807) is 19.9 Å². The molecule has 5 rings (SSSR count). The van der Waals surface area contributed by atoms with Crippen LogP contribution in [-0.2, 0) is 15.1 Å². The van der Waals surface area contributed by atoms with E-state index in [9.17, 15) is 43.8 Å². The Hall–Kier alpha value is -1.57. The number of alkyl halides is 3. The number of hydrogen-bond acceptors (Lipinski definition) is 8. The standard InChI is InChI=1S/C37H55F3O8/c1-20(22(3)48-32(45)36(47-6,37(38,39)40)23-10-8-7-9-11-23)12-13-21(2)24-18-26(42)31-33(24,4)17-15-28-34(5)16-14-25(41)30(44)29(34)27(43)19-35(28,31)46/h7-13,20-22,24-32,41-46H,14-19H2,1-6H3/b13-12+/t20?,21-,22-,24-,25+,26?,27?,28-,29?,30+,31?,32?,33-,34-,35+,36+/m1/s1. The first kappa shape index (κ1) is 37.7. The third kappa shape index (κ3) is 5.78. The van der Waals surface area contributed by atoms with Crippen molar-refractivity contribution in [2.75, 3.05) is 7.11 Å². The van der Waals surface area contributed by atoms with Gasteiger partial charge in [-0.15, -0.1) is 0 Å². The maximum absolute atomic E-state index is 14.4. The molecule has 4 aliphatic carbocycles. The number of aliphatic hydroxyl groups is 6. The van der Waals surface area contributed by atoms with E-state index >= 15 is 0 Å². The maximum Gasteiger partial charge on any atom is 0.426 e. The quantitative estimate of drug-likeness (QED) is 0.163. The van der Waals surface area contributed by atoms with Gasteiger partial charge < -0.3 is 40.1 Å². The minimum Gasteiger partial charge on any atom is -0.393 e. The molecule has 4 saturated carbocycles. The average molecular weight is 685 g/mol. The highest BCUT2D eigenvalue weighted by Crippen LogP contribution is 2.69. The van der Waals surface area contributed by atoms with Crippen molar-refractivity contribution in [3.05, 3.63) is 48.0 Å². The van der Waals surface area contributed by atoms with Gasteiger partial charge in [0.05, 0.1) is 36.1 Å². The summed E-state index contributed by atoms with van der Waals surface area (Å²) in [6.07, 6.45) is -5.31. The van der Waals surface area contributed by atoms with Gasteiger partial charge in [-0.2, -0.15) is 13.2 Å². The number of benzene rings is 1. The Balaban J connectivity index is 1.31. The Morgan fingerprint density at radius 3 is 2.12 bits per heavy atom. The summed E-state index contributed by atoms with van der Waals surface area (Å²) in [7, 11) is 0.895. The van der Waals surface area contributed by atoms with Gasteiger partial charge in [-0.3, -0.25) is 0 Å². The van der Waals surface area contributed by atoms with E-state index in [1.165, 1.54) is 24.3 Å². The van der Waals surface area contributed by atoms with E-state index in [0.29, 0.717) is 25.7 Å². The van der Waals surface area contributed by atoms with Crippen molar-refractivity contribution in [2.24, 2.45) is 46.3 Å². The van der Waals surface area contributed by atoms with Crippen molar-refractivity contribution in [2.45, 2.75) is 127 Å². The van der Waals surface area contributed by atoms with Crippen LogP contribution in [0.3, 0.4) is 0 Å². The summed E-state index contributed by atoms with van der Waals surface area (Å²) < 4.78 is 53.9. The minimum absolute atomic E-state index is 0.0219. The number of methoxy groups -OCH3 is 1. The number of aliphatic hydroxyl groups excluding tert-OH is 5. The van der Waals surface area contributed by atoms with Crippen molar-refractivity contribution in [3.63, 3.8) is 0 Å². The molecular formula is C37H55F3O8. The van der Waals surface area contributed by atoms with Crippen LogP contribution in [0, 0.1) is 46.3 Å². The highest BCUT2D eigenvalue weighted by atomic mass is 19.4. The number of hydrogen-bond donors (Lipinski definition) is 6. The molecule has 6 N–H and O–H groups in total. The molecule has 0 heterocycles. The second kappa shape index (κ2) is 13.2. The minimum atomic E-state index is -4.97. The van der Waals surface area contributed by atoms with Gasteiger partial charge in [0.1, 0.15) is 0 Å². The summed E-state index contributed by atoms with van der Waals surface area (Å²) in [5, 5.41) is 67.6. The van der Waals surface area contributed by atoms with Gasteiger partial charge >= 0.3 is 6.18 Å². The zero-order valence-electron chi connectivity index (χ0n) is 28.8. The zero-order chi connectivity index (χ0) is 35.6. The van der Waals surface area contributed by atoms with Crippen LogP contribution in [-0.4, -0.2) is 86.3 Å². The normalized spacial score (nSPS) is 43.8. The molecule has 0 bridgehead atoms. The number of fused-ring (bicyclic) bond motifs is 5. The van der Waals surface area contributed by atoms with Crippen molar-refractivity contribution in [1.82, 2.24) is 0 Å².